The first kappa shape index (κ1) is 14.8. The van der Waals surface area contributed by atoms with Crippen molar-refractivity contribution in [2.75, 3.05) is 19.1 Å². The summed E-state index contributed by atoms with van der Waals surface area (Å²) < 4.78 is 18.7. The molecule has 0 unspecified atom stereocenters. The number of halogens is 2. The van der Waals surface area contributed by atoms with Gasteiger partial charge in [-0.15, -0.1) is 0 Å². The van der Waals surface area contributed by atoms with Crippen molar-refractivity contribution in [3.8, 4) is 5.75 Å². The van der Waals surface area contributed by atoms with Gasteiger partial charge in [0.05, 0.1) is 12.7 Å². The first-order chi connectivity index (χ1) is 9.52. The smallest absolute Gasteiger partial charge is 0.259 e. The van der Waals surface area contributed by atoms with Crippen molar-refractivity contribution >= 4 is 34.2 Å². The minimum atomic E-state index is -0.349. The second-order valence-corrected chi connectivity index (χ2v) is 5.35. The summed E-state index contributed by atoms with van der Waals surface area (Å²) in [5, 5.41) is 0. The van der Waals surface area contributed by atoms with Crippen LogP contribution in [0, 0.1) is 9.39 Å². The summed E-state index contributed by atoms with van der Waals surface area (Å²) >= 11 is 1.96. The fourth-order valence-corrected chi connectivity index (χ4v) is 2.47. The number of amides is 1. The number of benzene rings is 2. The lowest BCUT2D eigenvalue weighted by Gasteiger charge is -2.18. The van der Waals surface area contributed by atoms with E-state index in [-0.39, 0.29) is 11.7 Å². The summed E-state index contributed by atoms with van der Waals surface area (Å²) in [6.45, 7) is 0. The van der Waals surface area contributed by atoms with Crippen LogP contribution in [0.3, 0.4) is 0 Å². The Morgan fingerprint density at radius 3 is 2.40 bits per heavy atom. The molecule has 0 saturated carbocycles. The number of hydrogen-bond acceptors (Lipinski definition) is 2. The summed E-state index contributed by atoms with van der Waals surface area (Å²) in [6.07, 6.45) is 0. The predicted molar refractivity (Wildman–Crippen MR) is 84.8 cm³/mol. The van der Waals surface area contributed by atoms with Crippen LogP contribution in [0.4, 0.5) is 10.1 Å². The van der Waals surface area contributed by atoms with Crippen LogP contribution in [0.15, 0.2) is 42.5 Å². The quantitative estimate of drug-likeness (QED) is 0.754. The van der Waals surface area contributed by atoms with Gasteiger partial charge in [0, 0.05) is 16.3 Å². The highest BCUT2D eigenvalue weighted by molar-refractivity contribution is 14.1. The first-order valence-electron chi connectivity index (χ1n) is 5.90. The van der Waals surface area contributed by atoms with E-state index in [1.54, 1.807) is 38.4 Å². The Kier molecular flexibility index (Phi) is 4.59. The molecule has 2 rings (SSSR count). The lowest BCUT2D eigenvalue weighted by molar-refractivity contribution is 0.0992. The van der Waals surface area contributed by atoms with Crippen LogP contribution in [0.5, 0.6) is 5.75 Å². The molecule has 0 N–H and O–H groups in total. The number of hydrogen-bond donors (Lipinski definition) is 0. The lowest BCUT2D eigenvalue weighted by atomic mass is 10.2. The molecule has 0 aromatic heterocycles. The van der Waals surface area contributed by atoms with Crippen LogP contribution >= 0.6 is 22.6 Å². The number of carbonyl (C=O) groups is 1. The molecule has 0 radical (unpaired) electrons. The number of carbonyl (C=O) groups excluding carboxylic acids is 1. The maximum absolute atomic E-state index is 13.1. The Labute approximate surface area is 130 Å². The molecule has 0 fully saturated rings. The minimum Gasteiger partial charge on any atom is -0.497 e. The molecule has 0 bridgehead atoms. The number of nitrogens with zero attached hydrogens (tertiary/aromatic N) is 1. The zero-order chi connectivity index (χ0) is 14.7. The third-order valence-corrected chi connectivity index (χ3v) is 3.82. The largest absolute Gasteiger partial charge is 0.497 e. The Morgan fingerprint density at radius 2 is 1.85 bits per heavy atom. The zero-order valence-corrected chi connectivity index (χ0v) is 13.2. The van der Waals surface area contributed by atoms with Crippen molar-refractivity contribution in [2.24, 2.45) is 0 Å². The molecule has 20 heavy (non-hydrogen) atoms. The maximum atomic E-state index is 13.1. The van der Waals surface area contributed by atoms with Crippen LogP contribution < -0.4 is 9.64 Å². The molecular weight excluding hydrogens is 372 g/mol. The van der Waals surface area contributed by atoms with Crippen LogP contribution in [-0.2, 0) is 0 Å². The minimum absolute atomic E-state index is 0.181. The molecule has 2 aromatic rings. The van der Waals surface area contributed by atoms with E-state index in [9.17, 15) is 9.18 Å². The van der Waals surface area contributed by atoms with Gasteiger partial charge in [-0.3, -0.25) is 4.79 Å². The highest BCUT2D eigenvalue weighted by Gasteiger charge is 2.16. The van der Waals surface area contributed by atoms with Crippen molar-refractivity contribution in [3.05, 3.63) is 57.4 Å². The average molecular weight is 385 g/mol. The molecule has 0 atom stereocenters. The van der Waals surface area contributed by atoms with Gasteiger partial charge in [0.1, 0.15) is 11.6 Å². The van der Waals surface area contributed by atoms with Crippen molar-refractivity contribution < 1.29 is 13.9 Å². The Bertz CT molecular complexity index is 628. The van der Waals surface area contributed by atoms with Gasteiger partial charge in [-0.1, -0.05) is 0 Å². The van der Waals surface area contributed by atoms with E-state index < -0.39 is 0 Å². The third kappa shape index (κ3) is 3.09. The highest BCUT2D eigenvalue weighted by Crippen LogP contribution is 2.22. The molecule has 0 aliphatic heterocycles. The maximum Gasteiger partial charge on any atom is 0.259 e. The molecular formula is C15H13FINO2. The van der Waals surface area contributed by atoms with Crippen molar-refractivity contribution in [2.45, 2.75) is 0 Å². The van der Waals surface area contributed by atoms with Gasteiger partial charge in [0.2, 0.25) is 0 Å². The zero-order valence-electron chi connectivity index (χ0n) is 11.1. The molecule has 1 amide bonds. The highest BCUT2D eigenvalue weighted by atomic mass is 127. The summed E-state index contributed by atoms with van der Waals surface area (Å²) in [7, 11) is 3.27. The summed E-state index contributed by atoms with van der Waals surface area (Å²) in [5.74, 6) is 0.198. The Balaban J connectivity index is 2.27. The molecule has 0 aliphatic carbocycles. The molecule has 0 heterocycles. The normalized spacial score (nSPS) is 10.2. The summed E-state index contributed by atoms with van der Waals surface area (Å²) in [6, 6.07) is 11.3. The number of methoxy groups -OCH3 is 1. The van der Waals surface area contributed by atoms with Crippen LogP contribution in [0.1, 0.15) is 10.4 Å². The van der Waals surface area contributed by atoms with Crippen LogP contribution in [-0.4, -0.2) is 20.1 Å². The summed E-state index contributed by atoms with van der Waals surface area (Å²) in [4.78, 5) is 13.9. The number of anilines is 1. The Hall–Kier alpha value is -1.63. The van der Waals surface area contributed by atoms with Gasteiger partial charge in [-0.2, -0.15) is 0 Å². The third-order valence-electron chi connectivity index (χ3n) is 2.93. The first-order valence-corrected chi connectivity index (χ1v) is 6.98. The van der Waals surface area contributed by atoms with E-state index in [4.69, 9.17) is 4.74 Å². The molecule has 3 nitrogen and oxygen atoms in total. The lowest BCUT2D eigenvalue weighted by Crippen LogP contribution is -2.26. The fraction of sp³-hybridized carbons (Fsp3) is 0.133. The predicted octanol–water partition coefficient (Wildman–Crippen LogP) is 3.72. The van der Waals surface area contributed by atoms with Crippen molar-refractivity contribution in [3.63, 3.8) is 0 Å². The van der Waals surface area contributed by atoms with Gasteiger partial charge < -0.3 is 9.64 Å². The average Bonchev–Trinajstić information content (AvgIpc) is 2.46. The van der Waals surface area contributed by atoms with E-state index in [0.717, 1.165) is 11.4 Å². The molecule has 104 valence electrons. The van der Waals surface area contributed by atoms with E-state index in [2.05, 4.69) is 0 Å². The van der Waals surface area contributed by atoms with Crippen molar-refractivity contribution in [1.29, 1.82) is 0 Å². The van der Waals surface area contributed by atoms with Gasteiger partial charge in [0.15, 0.2) is 0 Å². The molecule has 0 aliphatic rings. The second kappa shape index (κ2) is 6.21. The van der Waals surface area contributed by atoms with Crippen molar-refractivity contribution in [1.82, 2.24) is 0 Å². The van der Waals surface area contributed by atoms with E-state index in [1.807, 2.05) is 22.6 Å². The van der Waals surface area contributed by atoms with E-state index in [1.165, 1.54) is 23.1 Å². The topological polar surface area (TPSA) is 29.5 Å². The summed E-state index contributed by atoms with van der Waals surface area (Å²) in [5.41, 5.74) is 1.22. The Morgan fingerprint density at radius 1 is 1.20 bits per heavy atom. The second-order valence-electron chi connectivity index (χ2n) is 4.19. The standard InChI is InChI=1S/C15H13FINO2/c1-18(11-4-6-12(20-2)7-5-11)15(19)13-8-3-10(16)9-14(13)17/h3-9H,1-2H3. The monoisotopic (exact) mass is 385 g/mol. The van der Waals surface area contributed by atoms with Crippen LogP contribution in [0.2, 0.25) is 0 Å². The molecule has 5 heteroatoms. The van der Waals surface area contributed by atoms with Gasteiger partial charge in [0.25, 0.3) is 5.91 Å². The fourth-order valence-electron chi connectivity index (χ4n) is 1.77. The van der Waals surface area contributed by atoms with Gasteiger partial charge >= 0.3 is 0 Å². The molecule has 0 spiro atoms. The van der Waals surface area contributed by atoms with E-state index >= 15 is 0 Å². The van der Waals surface area contributed by atoms with Gasteiger partial charge in [-0.05, 0) is 65.1 Å². The SMILES string of the molecule is COc1ccc(N(C)C(=O)c2ccc(F)cc2I)cc1. The molecule has 2 aromatic carbocycles. The van der Waals surface area contributed by atoms with Gasteiger partial charge in [-0.25, -0.2) is 4.39 Å². The van der Waals surface area contributed by atoms with E-state index in [0.29, 0.717) is 9.13 Å². The number of rotatable bonds is 3. The number of ether oxygens (including phenoxy) is 1. The molecule has 0 saturated heterocycles. The van der Waals surface area contributed by atoms with Crippen LogP contribution in [0.25, 0.3) is 0 Å².